The van der Waals surface area contributed by atoms with Gasteiger partial charge in [-0.05, 0) is 23.8 Å². The number of rotatable bonds is 5. The van der Waals surface area contributed by atoms with Crippen molar-refractivity contribution in [3.05, 3.63) is 42.0 Å². The molecule has 0 aliphatic carbocycles. The number of hydrogen-bond donors (Lipinski definition) is 1. The molecule has 0 atom stereocenters. The van der Waals surface area contributed by atoms with Crippen molar-refractivity contribution in [2.24, 2.45) is 5.10 Å². The summed E-state index contributed by atoms with van der Waals surface area (Å²) >= 11 is 0. The molecule has 1 heterocycles. The Hall–Kier alpha value is -2.44. The van der Waals surface area contributed by atoms with Crippen LogP contribution in [0.5, 0.6) is 5.75 Å². The SMILES string of the molecule is COc1ccc2ccccc2c1C=NNC(=O)CC1(C)OCCO1. The Kier molecular flexibility index (Phi) is 4.78. The molecule has 2 aromatic rings. The van der Waals surface area contributed by atoms with Crippen LogP contribution < -0.4 is 10.2 Å². The molecule has 0 bridgehead atoms. The van der Waals surface area contributed by atoms with Gasteiger partial charge in [-0.2, -0.15) is 5.10 Å². The van der Waals surface area contributed by atoms with Gasteiger partial charge in [-0.15, -0.1) is 0 Å². The van der Waals surface area contributed by atoms with E-state index < -0.39 is 5.79 Å². The van der Waals surface area contributed by atoms with Gasteiger partial charge in [0.2, 0.25) is 5.91 Å². The lowest BCUT2D eigenvalue weighted by Gasteiger charge is -2.20. The van der Waals surface area contributed by atoms with Crippen molar-refractivity contribution in [2.75, 3.05) is 20.3 Å². The highest BCUT2D eigenvalue weighted by Gasteiger charge is 2.33. The van der Waals surface area contributed by atoms with Gasteiger partial charge in [0.15, 0.2) is 5.79 Å². The van der Waals surface area contributed by atoms with E-state index >= 15 is 0 Å². The van der Waals surface area contributed by atoms with E-state index in [1.807, 2.05) is 36.4 Å². The number of carbonyl (C=O) groups excluding carboxylic acids is 1. The van der Waals surface area contributed by atoms with Gasteiger partial charge in [0.25, 0.3) is 0 Å². The largest absolute Gasteiger partial charge is 0.496 e. The third-order valence-electron chi connectivity index (χ3n) is 3.91. The molecule has 0 spiro atoms. The molecule has 3 rings (SSSR count). The van der Waals surface area contributed by atoms with Crippen molar-refractivity contribution in [3.63, 3.8) is 0 Å². The molecule has 1 amide bonds. The van der Waals surface area contributed by atoms with E-state index in [0.717, 1.165) is 16.3 Å². The molecule has 1 aliphatic rings. The van der Waals surface area contributed by atoms with Crippen molar-refractivity contribution >= 4 is 22.9 Å². The second kappa shape index (κ2) is 6.98. The number of hydrogen-bond acceptors (Lipinski definition) is 5. The number of nitrogens with one attached hydrogen (secondary N) is 1. The van der Waals surface area contributed by atoms with Crippen molar-refractivity contribution in [3.8, 4) is 5.75 Å². The Bertz CT molecular complexity index is 767. The fraction of sp³-hybridized carbons (Fsp3) is 0.333. The van der Waals surface area contributed by atoms with Gasteiger partial charge >= 0.3 is 0 Å². The zero-order valence-electron chi connectivity index (χ0n) is 13.7. The van der Waals surface area contributed by atoms with E-state index in [9.17, 15) is 4.79 Å². The van der Waals surface area contributed by atoms with Crippen LogP contribution in [-0.4, -0.2) is 38.2 Å². The van der Waals surface area contributed by atoms with Gasteiger partial charge in [-0.1, -0.05) is 30.3 Å². The Balaban J connectivity index is 1.74. The highest BCUT2D eigenvalue weighted by Crippen LogP contribution is 2.26. The lowest BCUT2D eigenvalue weighted by Crippen LogP contribution is -2.33. The van der Waals surface area contributed by atoms with Crippen molar-refractivity contribution < 1.29 is 19.0 Å². The molecule has 2 aromatic carbocycles. The predicted octanol–water partition coefficient (Wildman–Crippen LogP) is 2.45. The number of methoxy groups -OCH3 is 1. The smallest absolute Gasteiger partial charge is 0.245 e. The summed E-state index contributed by atoms with van der Waals surface area (Å²) in [5.41, 5.74) is 3.33. The number of hydrazone groups is 1. The molecule has 1 N–H and O–H groups in total. The zero-order valence-corrected chi connectivity index (χ0v) is 13.7. The first kappa shape index (κ1) is 16.4. The highest BCUT2D eigenvalue weighted by molar-refractivity contribution is 6.02. The first-order valence-corrected chi connectivity index (χ1v) is 7.77. The van der Waals surface area contributed by atoms with E-state index in [0.29, 0.717) is 19.0 Å². The second-order valence-corrected chi connectivity index (χ2v) is 5.70. The van der Waals surface area contributed by atoms with Crippen LogP contribution in [0.2, 0.25) is 0 Å². The fourth-order valence-corrected chi connectivity index (χ4v) is 2.75. The van der Waals surface area contributed by atoms with E-state index in [4.69, 9.17) is 14.2 Å². The predicted molar refractivity (Wildman–Crippen MR) is 91.2 cm³/mol. The van der Waals surface area contributed by atoms with Crippen LogP contribution in [0.3, 0.4) is 0 Å². The molecule has 0 aromatic heterocycles. The molecule has 0 radical (unpaired) electrons. The molecule has 0 unspecified atom stereocenters. The van der Waals surface area contributed by atoms with Crippen molar-refractivity contribution in [1.82, 2.24) is 5.43 Å². The Morgan fingerprint density at radius 1 is 1.29 bits per heavy atom. The van der Waals surface area contributed by atoms with Crippen LogP contribution >= 0.6 is 0 Å². The molecule has 24 heavy (non-hydrogen) atoms. The normalized spacial score (nSPS) is 16.6. The maximum Gasteiger partial charge on any atom is 0.245 e. The number of ether oxygens (including phenoxy) is 3. The summed E-state index contributed by atoms with van der Waals surface area (Å²) in [6, 6.07) is 11.8. The van der Waals surface area contributed by atoms with Crippen LogP contribution in [-0.2, 0) is 14.3 Å². The summed E-state index contributed by atoms with van der Waals surface area (Å²) in [7, 11) is 1.61. The van der Waals surface area contributed by atoms with Crippen molar-refractivity contribution in [1.29, 1.82) is 0 Å². The average molecular weight is 328 g/mol. The lowest BCUT2D eigenvalue weighted by molar-refractivity contribution is -0.159. The van der Waals surface area contributed by atoms with Crippen LogP contribution in [0.15, 0.2) is 41.5 Å². The quantitative estimate of drug-likeness (QED) is 0.676. The Morgan fingerprint density at radius 2 is 2.04 bits per heavy atom. The van der Waals surface area contributed by atoms with E-state index in [1.54, 1.807) is 20.2 Å². The van der Waals surface area contributed by atoms with Gasteiger partial charge in [0, 0.05) is 5.56 Å². The summed E-state index contributed by atoms with van der Waals surface area (Å²) in [4.78, 5) is 12.0. The van der Waals surface area contributed by atoms with Gasteiger partial charge in [-0.25, -0.2) is 5.43 Å². The minimum atomic E-state index is -0.864. The topological polar surface area (TPSA) is 69.2 Å². The zero-order chi connectivity index (χ0) is 17.0. The van der Waals surface area contributed by atoms with Gasteiger partial charge < -0.3 is 14.2 Å². The number of fused-ring (bicyclic) bond motifs is 1. The molecule has 0 saturated carbocycles. The third-order valence-corrected chi connectivity index (χ3v) is 3.91. The van der Waals surface area contributed by atoms with E-state index in [2.05, 4.69) is 10.5 Å². The average Bonchev–Trinajstić information content (AvgIpc) is 3.01. The van der Waals surface area contributed by atoms with Crippen LogP contribution in [0.1, 0.15) is 18.9 Å². The van der Waals surface area contributed by atoms with Crippen LogP contribution in [0.25, 0.3) is 10.8 Å². The van der Waals surface area contributed by atoms with E-state index in [-0.39, 0.29) is 12.3 Å². The summed E-state index contributed by atoms with van der Waals surface area (Å²) in [6.45, 7) is 2.75. The molecule has 6 nitrogen and oxygen atoms in total. The maximum absolute atomic E-state index is 12.0. The number of carbonyl (C=O) groups is 1. The number of amides is 1. The van der Waals surface area contributed by atoms with Crippen LogP contribution in [0.4, 0.5) is 0 Å². The monoisotopic (exact) mass is 328 g/mol. The Labute approximate surface area is 140 Å². The van der Waals surface area contributed by atoms with Crippen molar-refractivity contribution in [2.45, 2.75) is 19.1 Å². The standard InChI is InChI=1S/C18H20N2O4/c1-18(23-9-10-24-18)11-17(21)20-19-12-15-14-6-4-3-5-13(14)7-8-16(15)22-2/h3-8,12H,9-11H2,1-2H3,(H,20,21). The molecule has 1 saturated heterocycles. The molecular weight excluding hydrogens is 308 g/mol. The first-order valence-electron chi connectivity index (χ1n) is 7.77. The Morgan fingerprint density at radius 3 is 2.79 bits per heavy atom. The lowest BCUT2D eigenvalue weighted by atomic mass is 10.0. The number of nitrogens with zero attached hydrogens (tertiary/aromatic N) is 1. The van der Waals surface area contributed by atoms with Gasteiger partial charge in [-0.3, -0.25) is 4.79 Å². The summed E-state index contributed by atoms with van der Waals surface area (Å²) in [5, 5.41) is 6.14. The fourth-order valence-electron chi connectivity index (χ4n) is 2.75. The van der Waals surface area contributed by atoms with Gasteiger partial charge in [0.1, 0.15) is 5.75 Å². The summed E-state index contributed by atoms with van der Waals surface area (Å²) < 4.78 is 16.2. The third kappa shape index (κ3) is 3.55. The minimum absolute atomic E-state index is 0.0943. The molecule has 1 fully saturated rings. The minimum Gasteiger partial charge on any atom is -0.496 e. The molecule has 126 valence electrons. The molecular formula is C18H20N2O4. The summed E-state index contributed by atoms with van der Waals surface area (Å²) in [5.74, 6) is -0.438. The van der Waals surface area contributed by atoms with Crippen LogP contribution in [0, 0.1) is 0 Å². The molecule has 6 heteroatoms. The first-order chi connectivity index (χ1) is 11.6. The number of benzene rings is 2. The molecule has 1 aliphatic heterocycles. The maximum atomic E-state index is 12.0. The highest BCUT2D eigenvalue weighted by atomic mass is 16.7. The van der Waals surface area contributed by atoms with E-state index in [1.165, 1.54) is 0 Å². The van der Waals surface area contributed by atoms with Gasteiger partial charge in [0.05, 0.1) is 33.0 Å². The summed E-state index contributed by atoms with van der Waals surface area (Å²) in [6.07, 6.45) is 1.69. The second-order valence-electron chi connectivity index (χ2n) is 5.70.